The van der Waals surface area contributed by atoms with E-state index in [2.05, 4.69) is 26.6 Å². The van der Waals surface area contributed by atoms with Crippen LogP contribution in [-0.4, -0.2) is 27.3 Å². The van der Waals surface area contributed by atoms with Crippen molar-refractivity contribution in [2.45, 2.75) is 12.6 Å². The molecule has 2 aromatic heterocycles. The molecule has 3 aromatic rings. The number of nitrogen functional groups attached to an aromatic ring is 1. The van der Waals surface area contributed by atoms with Crippen molar-refractivity contribution in [3.8, 4) is 17.2 Å². The molecule has 1 amide bonds. The van der Waals surface area contributed by atoms with Crippen LogP contribution in [0, 0.1) is 17.2 Å². The number of nitrogens with zero attached hydrogens (tertiary/aromatic N) is 4. The first-order valence-corrected chi connectivity index (χ1v) is 7.93. The average molecular weight is 348 g/mol. The van der Waals surface area contributed by atoms with Crippen LogP contribution in [-0.2, 0) is 4.79 Å². The number of aromatic nitrogens is 3. The maximum atomic E-state index is 13.0. The lowest BCUT2D eigenvalue weighted by Crippen LogP contribution is -2.16. The van der Waals surface area contributed by atoms with E-state index in [-0.39, 0.29) is 12.2 Å². The molecular weight excluding hydrogens is 335 g/mol. The zero-order chi connectivity index (χ0) is 18.3. The summed E-state index contributed by atoms with van der Waals surface area (Å²) < 4.78 is 13.0. The molecule has 128 valence electrons. The number of nitrogens with one attached hydrogen (secondary N) is 1. The van der Waals surface area contributed by atoms with Gasteiger partial charge in [-0.3, -0.25) is 9.78 Å². The Kier molecular flexibility index (Phi) is 3.69. The minimum absolute atomic E-state index is 0.227. The van der Waals surface area contributed by atoms with Gasteiger partial charge in [0.05, 0.1) is 23.2 Å². The third kappa shape index (κ3) is 2.80. The number of carbonyl (C=O) groups excluding carboxylic acids is 1. The second-order valence-corrected chi connectivity index (χ2v) is 6.11. The number of anilines is 2. The quantitative estimate of drug-likeness (QED) is 0.702. The van der Waals surface area contributed by atoms with Gasteiger partial charge in [0, 0.05) is 23.3 Å². The van der Waals surface area contributed by atoms with Crippen LogP contribution in [0.5, 0.6) is 0 Å². The van der Waals surface area contributed by atoms with Gasteiger partial charge < -0.3 is 11.1 Å². The van der Waals surface area contributed by atoms with E-state index < -0.39 is 18.0 Å². The van der Waals surface area contributed by atoms with E-state index in [9.17, 15) is 14.4 Å². The van der Waals surface area contributed by atoms with Crippen molar-refractivity contribution in [3.63, 3.8) is 0 Å². The number of pyridine rings is 1. The van der Waals surface area contributed by atoms with Crippen molar-refractivity contribution in [1.82, 2.24) is 15.2 Å². The summed E-state index contributed by atoms with van der Waals surface area (Å²) in [4.78, 5) is 15.9. The Hall–Kier alpha value is -3.60. The van der Waals surface area contributed by atoms with Crippen molar-refractivity contribution in [2.24, 2.45) is 5.92 Å². The van der Waals surface area contributed by atoms with Gasteiger partial charge in [-0.2, -0.15) is 5.26 Å². The highest BCUT2D eigenvalue weighted by molar-refractivity contribution is 5.98. The van der Waals surface area contributed by atoms with Gasteiger partial charge in [0.15, 0.2) is 5.82 Å². The maximum absolute atomic E-state index is 13.0. The van der Waals surface area contributed by atoms with Gasteiger partial charge in [-0.05, 0) is 36.2 Å². The van der Waals surface area contributed by atoms with Crippen LogP contribution in [0.4, 0.5) is 15.9 Å². The Labute approximate surface area is 147 Å². The highest BCUT2D eigenvalue weighted by atomic mass is 19.1. The summed E-state index contributed by atoms with van der Waals surface area (Å²) in [5.74, 6) is -0.795. The number of hydrogen-bond donors (Lipinski definition) is 2. The predicted molar refractivity (Wildman–Crippen MR) is 93.5 cm³/mol. The zero-order valence-electron chi connectivity index (χ0n) is 13.5. The molecule has 1 saturated carbocycles. The maximum Gasteiger partial charge on any atom is 0.231 e. The van der Waals surface area contributed by atoms with Crippen molar-refractivity contribution >= 4 is 28.3 Å². The van der Waals surface area contributed by atoms with Gasteiger partial charge in [0.25, 0.3) is 0 Å². The highest BCUT2D eigenvalue weighted by Crippen LogP contribution is 2.35. The fourth-order valence-corrected chi connectivity index (χ4v) is 2.78. The summed E-state index contributed by atoms with van der Waals surface area (Å²) in [6, 6.07) is 8.86. The molecule has 1 aliphatic rings. The molecule has 8 heteroatoms. The van der Waals surface area contributed by atoms with Crippen molar-refractivity contribution in [3.05, 3.63) is 42.2 Å². The van der Waals surface area contributed by atoms with Gasteiger partial charge in [-0.25, -0.2) is 4.39 Å². The number of nitriles is 1. The van der Waals surface area contributed by atoms with Crippen molar-refractivity contribution < 1.29 is 9.18 Å². The number of rotatable bonds is 3. The van der Waals surface area contributed by atoms with Crippen LogP contribution in [0.2, 0.25) is 0 Å². The van der Waals surface area contributed by atoms with Crippen LogP contribution < -0.4 is 11.1 Å². The minimum Gasteiger partial charge on any atom is -0.397 e. The Balaban J connectivity index is 1.75. The van der Waals surface area contributed by atoms with Crippen LogP contribution in [0.25, 0.3) is 22.0 Å². The molecule has 0 bridgehead atoms. The fraction of sp³-hybridized carbons (Fsp3) is 0.167. The summed E-state index contributed by atoms with van der Waals surface area (Å²) in [6.07, 6.45) is 2.29. The standard InChI is InChI=1S/C18H13FN6O/c19-14-6-12(14)18(26)23-16-5-11-3-10(4-15(21)17(11)25-24-16)13-8-22-2-1-9(13)7-20/h1-5,8,12,14H,6,21H2,(H,23,24,26)/t12-,14+/m1/s1. The van der Waals surface area contributed by atoms with Crippen LogP contribution in [0.15, 0.2) is 36.7 Å². The van der Waals surface area contributed by atoms with E-state index >= 15 is 0 Å². The van der Waals surface area contributed by atoms with E-state index in [0.29, 0.717) is 33.3 Å². The first kappa shape index (κ1) is 15.9. The Morgan fingerprint density at radius 1 is 1.35 bits per heavy atom. The summed E-state index contributed by atoms with van der Waals surface area (Å²) in [5.41, 5.74) is 8.75. The molecule has 0 spiro atoms. The fourth-order valence-electron chi connectivity index (χ4n) is 2.78. The lowest BCUT2D eigenvalue weighted by molar-refractivity contribution is -0.117. The minimum atomic E-state index is -1.08. The van der Waals surface area contributed by atoms with E-state index in [1.54, 1.807) is 36.7 Å². The summed E-state index contributed by atoms with van der Waals surface area (Å²) in [5, 5.41) is 20.5. The van der Waals surface area contributed by atoms with Gasteiger partial charge in [-0.15, -0.1) is 10.2 Å². The predicted octanol–water partition coefficient (Wildman–Crippen LogP) is 2.44. The summed E-state index contributed by atoms with van der Waals surface area (Å²) >= 11 is 0. The first-order valence-electron chi connectivity index (χ1n) is 7.93. The average Bonchev–Trinajstić information content (AvgIpc) is 3.38. The monoisotopic (exact) mass is 348 g/mol. The Morgan fingerprint density at radius 3 is 2.88 bits per heavy atom. The van der Waals surface area contributed by atoms with Gasteiger partial charge in [0.2, 0.25) is 5.91 Å². The third-order valence-electron chi connectivity index (χ3n) is 4.27. The summed E-state index contributed by atoms with van der Waals surface area (Å²) in [6.45, 7) is 0. The largest absolute Gasteiger partial charge is 0.397 e. The van der Waals surface area contributed by atoms with Crippen molar-refractivity contribution in [2.75, 3.05) is 11.1 Å². The van der Waals surface area contributed by atoms with Crippen LogP contribution in [0.3, 0.4) is 0 Å². The smallest absolute Gasteiger partial charge is 0.231 e. The van der Waals surface area contributed by atoms with Gasteiger partial charge >= 0.3 is 0 Å². The molecular formula is C18H13FN6O. The molecule has 7 nitrogen and oxygen atoms in total. The second kappa shape index (κ2) is 6.04. The van der Waals surface area contributed by atoms with Gasteiger partial charge in [-0.1, -0.05) is 0 Å². The highest BCUT2D eigenvalue weighted by Gasteiger charge is 2.43. The van der Waals surface area contributed by atoms with E-state index in [4.69, 9.17) is 5.73 Å². The van der Waals surface area contributed by atoms with E-state index in [0.717, 1.165) is 0 Å². The second-order valence-electron chi connectivity index (χ2n) is 6.11. The number of alkyl halides is 1. The lowest BCUT2D eigenvalue weighted by atomic mass is 10.00. The molecule has 4 rings (SSSR count). The molecule has 3 N–H and O–H groups in total. The van der Waals surface area contributed by atoms with E-state index in [1.807, 2.05) is 0 Å². The molecule has 2 atom stereocenters. The van der Waals surface area contributed by atoms with Gasteiger partial charge in [0.1, 0.15) is 11.7 Å². The van der Waals surface area contributed by atoms with Crippen LogP contribution >= 0.6 is 0 Å². The van der Waals surface area contributed by atoms with E-state index in [1.165, 1.54) is 0 Å². The third-order valence-corrected chi connectivity index (χ3v) is 4.27. The zero-order valence-corrected chi connectivity index (χ0v) is 13.5. The number of amides is 1. The Bertz CT molecular complexity index is 1080. The number of nitrogens with two attached hydrogens (primary N) is 1. The molecule has 1 aromatic carbocycles. The first-order chi connectivity index (χ1) is 12.6. The number of carbonyl (C=O) groups is 1. The normalized spacial score (nSPS) is 18.3. The lowest BCUT2D eigenvalue weighted by Gasteiger charge is -2.09. The molecule has 1 aliphatic carbocycles. The molecule has 0 saturated heterocycles. The molecule has 26 heavy (non-hydrogen) atoms. The molecule has 0 unspecified atom stereocenters. The number of hydrogen-bond acceptors (Lipinski definition) is 6. The summed E-state index contributed by atoms with van der Waals surface area (Å²) in [7, 11) is 0. The molecule has 2 heterocycles. The molecule has 0 radical (unpaired) electrons. The van der Waals surface area contributed by atoms with Crippen molar-refractivity contribution in [1.29, 1.82) is 5.26 Å². The number of fused-ring (bicyclic) bond motifs is 1. The SMILES string of the molecule is N#Cc1ccncc1-c1cc(N)c2nnc(NC(=O)[C@@H]3C[C@@H]3F)cc2c1. The number of benzene rings is 1. The van der Waals surface area contributed by atoms with Crippen LogP contribution in [0.1, 0.15) is 12.0 Å². The molecule has 1 fully saturated rings. The topological polar surface area (TPSA) is 118 Å². The number of halogens is 1. The Morgan fingerprint density at radius 2 is 2.15 bits per heavy atom. The molecule has 0 aliphatic heterocycles.